The van der Waals surface area contributed by atoms with Crippen molar-refractivity contribution in [2.75, 3.05) is 0 Å². The second kappa shape index (κ2) is 9.50. The van der Waals surface area contributed by atoms with E-state index in [1.54, 1.807) is 4.90 Å². The monoisotopic (exact) mass is 445 g/mol. The molecular formula is C26H23NO2S2. The first kappa shape index (κ1) is 21.3. The van der Waals surface area contributed by atoms with Crippen LogP contribution in [0.2, 0.25) is 0 Å². The van der Waals surface area contributed by atoms with Crippen LogP contribution in [0.4, 0.5) is 0 Å². The van der Waals surface area contributed by atoms with Crippen molar-refractivity contribution in [3.63, 3.8) is 0 Å². The molecule has 3 nitrogen and oxygen atoms in total. The van der Waals surface area contributed by atoms with Crippen molar-refractivity contribution < 1.29 is 9.53 Å². The molecule has 1 saturated heterocycles. The van der Waals surface area contributed by atoms with Crippen molar-refractivity contribution >= 4 is 40.3 Å². The summed E-state index contributed by atoms with van der Waals surface area (Å²) >= 11 is 6.88. The third-order valence-corrected chi connectivity index (χ3v) is 6.54. The maximum atomic E-state index is 13.2. The molecule has 1 atom stereocenters. The zero-order chi connectivity index (χ0) is 21.8. The van der Waals surface area contributed by atoms with E-state index < -0.39 is 0 Å². The molecule has 1 fully saturated rings. The fourth-order valence-corrected chi connectivity index (χ4v) is 4.82. The van der Waals surface area contributed by atoms with Gasteiger partial charge in [-0.15, -0.1) is 0 Å². The van der Waals surface area contributed by atoms with E-state index >= 15 is 0 Å². The minimum Gasteiger partial charge on any atom is -0.488 e. The summed E-state index contributed by atoms with van der Waals surface area (Å²) in [5, 5.41) is 0. The van der Waals surface area contributed by atoms with Gasteiger partial charge in [0.05, 0.1) is 10.9 Å². The number of carbonyl (C=O) groups excluding carboxylic acids is 1. The highest BCUT2D eigenvalue weighted by atomic mass is 32.2. The van der Waals surface area contributed by atoms with Crippen LogP contribution >= 0.6 is 24.0 Å². The Bertz CT molecular complexity index is 1120. The van der Waals surface area contributed by atoms with Gasteiger partial charge in [-0.3, -0.25) is 9.69 Å². The third-order valence-electron chi connectivity index (χ3n) is 5.21. The second-order valence-electron chi connectivity index (χ2n) is 7.45. The van der Waals surface area contributed by atoms with E-state index in [2.05, 4.69) is 31.2 Å². The first-order chi connectivity index (χ1) is 15.0. The number of ether oxygens (including phenoxy) is 1. The van der Waals surface area contributed by atoms with E-state index in [0.717, 1.165) is 22.4 Å². The fraction of sp³-hybridized carbons (Fsp3) is 0.154. The Balaban J connectivity index is 1.54. The summed E-state index contributed by atoms with van der Waals surface area (Å²) in [7, 11) is 0. The highest BCUT2D eigenvalue weighted by Gasteiger charge is 2.36. The van der Waals surface area contributed by atoms with Gasteiger partial charge in [-0.05, 0) is 37.1 Å². The summed E-state index contributed by atoms with van der Waals surface area (Å²) in [6.07, 6.45) is 1.88. The maximum Gasteiger partial charge on any atom is 0.266 e. The largest absolute Gasteiger partial charge is 0.488 e. The van der Waals surface area contributed by atoms with Gasteiger partial charge in [0, 0.05) is 5.56 Å². The van der Waals surface area contributed by atoms with Crippen LogP contribution in [-0.4, -0.2) is 15.1 Å². The average molecular weight is 446 g/mol. The minimum absolute atomic E-state index is 0.0697. The first-order valence-corrected chi connectivity index (χ1v) is 11.3. The molecule has 1 amide bonds. The summed E-state index contributed by atoms with van der Waals surface area (Å²) in [6.45, 7) is 4.54. The molecule has 0 radical (unpaired) electrons. The standard InChI is InChI=1S/C26H23NO2S2/c1-18-12-14-20(15-13-18)17-29-23-11-7-6-10-22(23)16-24-25(28)27(26(30)31-24)19(2)21-8-4-3-5-9-21/h3-16,19H,17H2,1-2H3/b24-16-/t19-/m1/s1. The van der Waals surface area contributed by atoms with Crippen LogP contribution in [0.5, 0.6) is 5.75 Å². The lowest BCUT2D eigenvalue weighted by Crippen LogP contribution is -2.30. The number of benzene rings is 3. The number of para-hydroxylation sites is 1. The molecule has 0 saturated carbocycles. The molecule has 1 heterocycles. The van der Waals surface area contributed by atoms with Gasteiger partial charge in [-0.25, -0.2) is 0 Å². The van der Waals surface area contributed by atoms with E-state index in [1.165, 1.54) is 17.3 Å². The van der Waals surface area contributed by atoms with E-state index in [4.69, 9.17) is 17.0 Å². The Morgan fingerprint density at radius 3 is 2.42 bits per heavy atom. The number of carbonyl (C=O) groups is 1. The van der Waals surface area contributed by atoms with Crippen molar-refractivity contribution in [1.82, 2.24) is 4.90 Å². The SMILES string of the molecule is Cc1ccc(COc2ccccc2/C=C2\SC(=S)N([C@H](C)c3ccccc3)C2=O)cc1. The summed E-state index contributed by atoms with van der Waals surface area (Å²) in [5.41, 5.74) is 4.24. The molecule has 4 rings (SSSR count). The molecule has 5 heteroatoms. The topological polar surface area (TPSA) is 29.5 Å². The minimum atomic E-state index is -0.118. The zero-order valence-electron chi connectivity index (χ0n) is 17.4. The van der Waals surface area contributed by atoms with Crippen molar-refractivity contribution in [2.24, 2.45) is 0 Å². The number of hydrogen-bond acceptors (Lipinski definition) is 4. The summed E-state index contributed by atoms with van der Waals surface area (Å²) < 4.78 is 6.64. The van der Waals surface area contributed by atoms with E-state index in [9.17, 15) is 4.79 Å². The third kappa shape index (κ3) is 4.89. The summed E-state index contributed by atoms with van der Waals surface area (Å²) in [5.74, 6) is 0.671. The smallest absolute Gasteiger partial charge is 0.266 e. The molecule has 0 unspecified atom stereocenters. The molecule has 3 aromatic carbocycles. The maximum absolute atomic E-state index is 13.2. The van der Waals surface area contributed by atoms with Crippen LogP contribution in [-0.2, 0) is 11.4 Å². The van der Waals surface area contributed by atoms with Gasteiger partial charge in [-0.1, -0.05) is 102 Å². The lowest BCUT2D eigenvalue weighted by molar-refractivity contribution is -0.123. The van der Waals surface area contributed by atoms with Gasteiger partial charge < -0.3 is 4.74 Å². The number of thioether (sulfide) groups is 1. The molecule has 1 aliphatic heterocycles. The number of amides is 1. The number of rotatable bonds is 6. The van der Waals surface area contributed by atoms with Crippen LogP contribution in [0.3, 0.4) is 0 Å². The zero-order valence-corrected chi connectivity index (χ0v) is 19.1. The molecule has 0 N–H and O–H groups in total. The Morgan fingerprint density at radius 1 is 1.00 bits per heavy atom. The van der Waals surface area contributed by atoms with Crippen molar-refractivity contribution in [3.8, 4) is 5.75 Å². The Morgan fingerprint density at radius 2 is 1.68 bits per heavy atom. The van der Waals surface area contributed by atoms with Crippen molar-refractivity contribution in [2.45, 2.75) is 26.5 Å². The fourth-order valence-electron chi connectivity index (χ4n) is 3.41. The van der Waals surface area contributed by atoms with Crippen LogP contribution in [0.1, 0.15) is 35.2 Å². The lowest BCUT2D eigenvalue weighted by Gasteiger charge is -2.23. The Kier molecular flexibility index (Phi) is 6.54. The van der Waals surface area contributed by atoms with Gasteiger partial charge in [0.25, 0.3) is 5.91 Å². The predicted octanol–water partition coefficient (Wildman–Crippen LogP) is 6.54. The Hall–Kier alpha value is -2.89. The summed E-state index contributed by atoms with van der Waals surface area (Å²) in [4.78, 5) is 15.5. The quantitative estimate of drug-likeness (QED) is 0.318. The van der Waals surface area contributed by atoms with Gasteiger partial charge in [0.2, 0.25) is 0 Å². The molecule has 0 bridgehead atoms. The molecular weight excluding hydrogens is 422 g/mol. The van der Waals surface area contributed by atoms with E-state index in [0.29, 0.717) is 15.8 Å². The van der Waals surface area contributed by atoms with Crippen molar-refractivity contribution in [1.29, 1.82) is 0 Å². The van der Waals surface area contributed by atoms with Crippen LogP contribution in [0.25, 0.3) is 6.08 Å². The average Bonchev–Trinajstić information content (AvgIpc) is 3.07. The molecule has 0 aliphatic carbocycles. The molecule has 0 aromatic heterocycles. The van der Waals surface area contributed by atoms with Crippen LogP contribution in [0, 0.1) is 6.92 Å². The molecule has 31 heavy (non-hydrogen) atoms. The number of hydrogen-bond donors (Lipinski definition) is 0. The van der Waals surface area contributed by atoms with E-state index in [-0.39, 0.29) is 11.9 Å². The van der Waals surface area contributed by atoms with Gasteiger partial charge >= 0.3 is 0 Å². The van der Waals surface area contributed by atoms with Gasteiger partial charge in [0.1, 0.15) is 16.7 Å². The number of nitrogens with zero attached hydrogens (tertiary/aromatic N) is 1. The normalized spacial score (nSPS) is 16.1. The van der Waals surface area contributed by atoms with Crippen LogP contribution < -0.4 is 4.74 Å². The molecule has 3 aromatic rings. The highest BCUT2D eigenvalue weighted by Crippen LogP contribution is 2.38. The second-order valence-corrected chi connectivity index (χ2v) is 9.13. The van der Waals surface area contributed by atoms with Crippen LogP contribution in [0.15, 0.2) is 83.8 Å². The first-order valence-electron chi connectivity index (χ1n) is 10.1. The van der Waals surface area contributed by atoms with Crippen molar-refractivity contribution in [3.05, 3.63) is 106 Å². The highest BCUT2D eigenvalue weighted by molar-refractivity contribution is 8.26. The molecule has 1 aliphatic rings. The van der Waals surface area contributed by atoms with Gasteiger partial charge in [-0.2, -0.15) is 0 Å². The molecule has 156 valence electrons. The number of aryl methyl sites for hydroxylation is 1. The Labute approximate surface area is 192 Å². The molecule has 0 spiro atoms. The number of thiocarbonyl (C=S) groups is 1. The van der Waals surface area contributed by atoms with E-state index in [1.807, 2.05) is 67.6 Å². The van der Waals surface area contributed by atoms with Gasteiger partial charge in [0.15, 0.2) is 0 Å². The predicted molar refractivity (Wildman–Crippen MR) is 132 cm³/mol. The summed E-state index contributed by atoms with van der Waals surface area (Å²) in [6, 6.07) is 25.9. The lowest BCUT2D eigenvalue weighted by atomic mass is 10.1.